The van der Waals surface area contributed by atoms with Gasteiger partial charge in [0.1, 0.15) is 36.6 Å². The standard InChI is InChI=1S/C30H28O6/c1-33-29-14-22(12-13-25(29)31)30-26(32)17-24-27(35-19-21-10-6-3-7-11-21)15-23(16-28(24)36-30)34-18-20-8-4-2-5-9-20/h2-16,26,30-32H,17-19H2,1H3/t26-,30-/m1/s1. The highest BCUT2D eigenvalue weighted by Crippen LogP contribution is 2.44. The highest BCUT2D eigenvalue weighted by Gasteiger charge is 2.33. The van der Waals surface area contributed by atoms with Crippen molar-refractivity contribution in [2.75, 3.05) is 7.11 Å². The third-order valence-electron chi connectivity index (χ3n) is 6.18. The summed E-state index contributed by atoms with van der Waals surface area (Å²) >= 11 is 0. The maximum Gasteiger partial charge on any atom is 0.160 e. The van der Waals surface area contributed by atoms with Gasteiger partial charge in [-0.1, -0.05) is 66.7 Å². The summed E-state index contributed by atoms with van der Waals surface area (Å²) in [7, 11) is 1.49. The Balaban J connectivity index is 1.45. The molecule has 2 atom stereocenters. The molecule has 6 nitrogen and oxygen atoms in total. The minimum atomic E-state index is -0.818. The molecule has 0 radical (unpaired) electrons. The Bertz CT molecular complexity index is 1310. The van der Waals surface area contributed by atoms with Crippen LogP contribution in [0.5, 0.6) is 28.7 Å². The zero-order chi connectivity index (χ0) is 24.9. The van der Waals surface area contributed by atoms with Crippen LogP contribution in [-0.4, -0.2) is 23.4 Å². The van der Waals surface area contributed by atoms with Crippen molar-refractivity contribution in [3.8, 4) is 28.7 Å². The van der Waals surface area contributed by atoms with E-state index < -0.39 is 12.2 Å². The van der Waals surface area contributed by atoms with Crippen LogP contribution >= 0.6 is 0 Å². The summed E-state index contributed by atoms with van der Waals surface area (Å²) in [5.74, 6) is 2.16. The van der Waals surface area contributed by atoms with E-state index in [1.165, 1.54) is 13.2 Å². The van der Waals surface area contributed by atoms with Crippen LogP contribution < -0.4 is 18.9 Å². The number of aromatic hydroxyl groups is 1. The first kappa shape index (κ1) is 23.6. The molecule has 0 saturated heterocycles. The molecule has 4 aromatic carbocycles. The Morgan fingerprint density at radius 1 is 0.806 bits per heavy atom. The number of aliphatic hydroxyl groups excluding tert-OH is 1. The second-order valence-corrected chi connectivity index (χ2v) is 8.69. The fourth-order valence-electron chi connectivity index (χ4n) is 4.28. The van der Waals surface area contributed by atoms with Crippen LogP contribution in [0.15, 0.2) is 91.0 Å². The number of benzene rings is 4. The fraction of sp³-hybridized carbons (Fsp3) is 0.200. The van der Waals surface area contributed by atoms with Crippen molar-refractivity contribution in [3.63, 3.8) is 0 Å². The SMILES string of the molecule is COc1cc([C@H]2Oc3cc(OCc4ccccc4)cc(OCc4ccccc4)c3C[C@H]2O)ccc1O. The number of hydrogen-bond acceptors (Lipinski definition) is 6. The Kier molecular flexibility index (Phi) is 6.96. The molecule has 0 spiro atoms. The van der Waals surface area contributed by atoms with Gasteiger partial charge in [-0.2, -0.15) is 0 Å². The second-order valence-electron chi connectivity index (χ2n) is 8.69. The van der Waals surface area contributed by atoms with Crippen molar-refractivity contribution in [2.45, 2.75) is 31.8 Å². The largest absolute Gasteiger partial charge is 0.504 e. The van der Waals surface area contributed by atoms with E-state index in [9.17, 15) is 10.2 Å². The molecule has 0 aliphatic carbocycles. The van der Waals surface area contributed by atoms with Crippen LogP contribution in [0.25, 0.3) is 0 Å². The van der Waals surface area contributed by atoms with Crippen LogP contribution in [0, 0.1) is 0 Å². The molecule has 1 aliphatic rings. The van der Waals surface area contributed by atoms with Crippen molar-refractivity contribution in [3.05, 3.63) is 113 Å². The molecule has 0 fully saturated rings. The van der Waals surface area contributed by atoms with E-state index in [4.69, 9.17) is 18.9 Å². The van der Waals surface area contributed by atoms with Gasteiger partial charge in [-0.15, -0.1) is 0 Å². The molecule has 184 valence electrons. The molecule has 6 heteroatoms. The molecule has 0 aromatic heterocycles. The van der Waals surface area contributed by atoms with E-state index in [1.807, 2.05) is 72.8 Å². The normalized spacial score (nSPS) is 16.5. The van der Waals surface area contributed by atoms with Crippen LogP contribution in [-0.2, 0) is 19.6 Å². The molecular weight excluding hydrogens is 456 g/mol. The maximum atomic E-state index is 11.0. The third-order valence-corrected chi connectivity index (χ3v) is 6.18. The van der Waals surface area contributed by atoms with E-state index in [1.54, 1.807) is 12.1 Å². The molecule has 2 N–H and O–H groups in total. The smallest absolute Gasteiger partial charge is 0.160 e. The summed E-state index contributed by atoms with van der Waals surface area (Å²) in [6.45, 7) is 0.781. The number of rotatable bonds is 8. The van der Waals surface area contributed by atoms with Gasteiger partial charge in [-0.3, -0.25) is 0 Å². The molecular formula is C30H28O6. The minimum Gasteiger partial charge on any atom is -0.504 e. The summed E-state index contributed by atoms with van der Waals surface area (Å²) in [6, 6.07) is 28.5. The number of phenols is 1. The molecule has 36 heavy (non-hydrogen) atoms. The molecule has 0 saturated carbocycles. The minimum absolute atomic E-state index is 0.0279. The number of phenolic OH excluding ortho intramolecular Hbond substituents is 1. The summed E-state index contributed by atoms with van der Waals surface area (Å²) < 4.78 is 23.8. The van der Waals surface area contributed by atoms with Crippen molar-refractivity contribution in [2.24, 2.45) is 0 Å². The van der Waals surface area contributed by atoms with Crippen LogP contribution in [0.4, 0.5) is 0 Å². The van der Waals surface area contributed by atoms with E-state index in [0.29, 0.717) is 48.2 Å². The van der Waals surface area contributed by atoms with E-state index in [0.717, 1.165) is 16.7 Å². The molecule has 0 bridgehead atoms. The first-order chi connectivity index (χ1) is 17.6. The monoisotopic (exact) mass is 484 g/mol. The highest BCUT2D eigenvalue weighted by molar-refractivity contribution is 5.53. The van der Waals surface area contributed by atoms with E-state index in [-0.39, 0.29) is 5.75 Å². The second kappa shape index (κ2) is 10.6. The fourth-order valence-corrected chi connectivity index (χ4v) is 4.28. The van der Waals surface area contributed by atoms with Crippen molar-refractivity contribution >= 4 is 0 Å². The molecule has 0 amide bonds. The van der Waals surface area contributed by atoms with Gasteiger partial charge >= 0.3 is 0 Å². The predicted molar refractivity (Wildman–Crippen MR) is 136 cm³/mol. The average molecular weight is 485 g/mol. The molecule has 5 rings (SSSR count). The topological polar surface area (TPSA) is 77.4 Å². The Labute approximate surface area is 210 Å². The quantitative estimate of drug-likeness (QED) is 0.339. The summed E-state index contributed by atoms with van der Waals surface area (Å²) in [6.07, 6.45) is -1.12. The summed E-state index contributed by atoms with van der Waals surface area (Å²) in [4.78, 5) is 0. The Morgan fingerprint density at radius 2 is 1.47 bits per heavy atom. The number of aliphatic hydroxyl groups is 1. The number of ether oxygens (including phenoxy) is 4. The van der Waals surface area contributed by atoms with Gasteiger partial charge in [-0.05, 0) is 28.8 Å². The molecule has 1 heterocycles. The van der Waals surface area contributed by atoms with Crippen LogP contribution in [0.1, 0.15) is 28.4 Å². The zero-order valence-corrected chi connectivity index (χ0v) is 20.0. The van der Waals surface area contributed by atoms with Crippen LogP contribution in [0.3, 0.4) is 0 Å². The van der Waals surface area contributed by atoms with Gasteiger partial charge in [0.2, 0.25) is 0 Å². The zero-order valence-electron chi connectivity index (χ0n) is 20.0. The molecule has 1 aliphatic heterocycles. The van der Waals surface area contributed by atoms with Crippen molar-refractivity contribution in [1.29, 1.82) is 0 Å². The van der Waals surface area contributed by atoms with Gasteiger partial charge in [0.05, 0.1) is 13.2 Å². The first-order valence-corrected chi connectivity index (χ1v) is 11.8. The number of fused-ring (bicyclic) bond motifs is 1. The lowest BCUT2D eigenvalue weighted by atomic mass is 9.93. The summed E-state index contributed by atoms with van der Waals surface area (Å²) in [5, 5.41) is 21.0. The molecule has 0 unspecified atom stereocenters. The van der Waals surface area contributed by atoms with Crippen molar-refractivity contribution in [1.82, 2.24) is 0 Å². The summed E-state index contributed by atoms with van der Waals surface area (Å²) in [5.41, 5.74) is 3.57. The van der Waals surface area contributed by atoms with Gasteiger partial charge in [-0.25, -0.2) is 0 Å². The predicted octanol–water partition coefficient (Wildman–Crippen LogP) is 5.60. The lowest BCUT2D eigenvalue weighted by Crippen LogP contribution is -2.30. The van der Waals surface area contributed by atoms with Gasteiger partial charge in [0.15, 0.2) is 11.5 Å². The maximum absolute atomic E-state index is 11.0. The van der Waals surface area contributed by atoms with Crippen LogP contribution in [0.2, 0.25) is 0 Å². The first-order valence-electron chi connectivity index (χ1n) is 11.8. The van der Waals surface area contributed by atoms with Gasteiger partial charge in [0.25, 0.3) is 0 Å². The number of hydrogen-bond donors (Lipinski definition) is 2. The molecule has 4 aromatic rings. The van der Waals surface area contributed by atoms with Crippen molar-refractivity contribution < 1.29 is 29.2 Å². The lowest BCUT2D eigenvalue weighted by molar-refractivity contribution is 0.0193. The Morgan fingerprint density at radius 3 is 2.14 bits per heavy atom. The van der Waals surface area contributed by atoms with E-state index >= 15 is 0 Å². The van der Waals surface area contributed by atoms with Gasteiger partial charge in [0, 0.05) is 24.1 Å². The average Bonchev–Trinajstić information content (AvgIpc) is 2.92. The Hall–Kier alpha value is -4.16. The third kappa shape index (κ3) is 5.24. The highest BCUT2D eigenvalue weighted by atomic mass is 16.5. The number of methoxy groups -OCH3 is 1. The van der Waals surface area contributed by atoms with Gasteiger partial charge < -0.3 is 29.2 Å². The van der Waals surface area contributed by atoms with E-state index in [2.05, 4.69) is 0 Å². The lowest BCUT2D eigenvalue weighted by Gasteiger charge is -2.32.